The third kappa shape index (κ3) is 43.3. The molecule has 0 bridgehead atoms. The second kappa shape index (κ2) is 46.7. The first kappa shape index (κ1) is 53.4. The van der Waals surface area contributed by atoms with Gasteiger partial charge in [-0.05, 0) is 64.2 Å². The van der Waals surface area contributed by atoms with E-state index in [9.17, 15) is 15.0 Å². The van der Waals surface area contributed by atoms with Crippen LogP contribution < -0.4 is 5.32 Å². The highest BCUT2D eigenvalue weighted by Crippen LogP contribution is 2.16. The maximum Gasteiger partial charge on any atom is 0.220 e. The molecule has 3 N–H and O–H groups in total. The third-order valence-electron chi connectivity index (χ3n) is 11.0. The molecular formula is C51H95NO3. The molecule has 0 radical (unpaired) electrons. The van der Waals surface area contributed by atoms with Crippen molar-refractivity contribution in [1.29, 1.82) is 0 Å². The number of carbonyl (C=O) groups excluding carboxylic acids is 1. The van der Waals surface area contributed by atoms with E-state index in [-0.39, 0.29) is 12.5 Å². The quantitative estimate of drug-likeness (QED) is 0.0427. The first-order chi connectivity index (χ1) is 27.2. The molecule has 0 aliphatic carbocycles. The Hall–Kier alpha value is -1.65. The van der Waals surface area contributed by atoms with Crippen molar-refractivity contribution in [3.63, 3.8) is 0 Å². The van der Waals surface area contributed by atoms with Crippen LogP contribution in [0.15, 0.2) is 48.6 Å². The lowest BCUT2D eigenvalue weighted by Crippen LogP contribution is -2.45. The molecule has 0 aromatic carbocycles. The standard InChI is InChI=1S/C51H95NO3/c1-3-5-7-9-11-13-15-16-17-18-19-20-21-22-23-24-25-26-27-28-29-30-31-32-33-34-35-36-37-39-41-43-45-47-51(55)52-49(48-53)50(54)46-44-42-40-38-14-12-10-8-6-4-2/h6,8,14,18-19,38,44,46,49-50,53-54H,3-5,7,9-13,15-17,20-37,39-43,45,47-48H2,1-2H3,(H,52,55)/b8-6+,19-18-,38-14+,46-44+. The summed E-state index contributed by atoms with van der Waals surface area (Å²) in [5, 5.41) is 22.9. The first-order valence-electron chi connectivity index (χ1n) is 24.4. The van der Waals surface area contributed by atoms with Gasteiger partial charge in [0.05, 0.1) is 18.8 Å². The predicted molar refractivity (Wildman–Crippen MR) is 244 cm³/mol. The topological polar surface area (TPSA) is 69.6 Å². The fourth-order valence-corrected chi connectivity index (χ4v) is 7.33. The highest BCUT2D eigenvalue weighted by atomic mass is 16.3. The molecule has 0 aromatic rings. The molecule has 0 aromatic heterocycles. The SMILES string of the molecule is CC/C=C/CC/C=C/CC/C=C/C(O)C(CO)NC(=O)CCCCCCCCCCCCCCCCCCCCCCC/C=C\CCCCCCCCCC. The van der Waals surface area contributed by atoms with Gasteiger partial charge in [-0.2, -0.15) is 0 Å². The van der Waals surface area contributed by atoms with Gasteiger partial charge in [0.15, 0.2) is 0 Å². The van der Waals surface area contributed by atoms with Gasteiger partial charge in [0, 0.05) is 6.42 Å². The molecule has 2 unspecified atom stereocenters. The number of carbonyl (C=O) groups is 1. The molecule has 0 saturated heterocycles. The second-order valence-corrected chi connectivity index (χ2v) is 16.5. The maximum atomic E-state index is 12.4. The molecule has 0 heterocycles. The van der Waals surface area contributed by atoms with E-state index in [1.807, 2.05) is 6.08 Å². The fourth-order valence-electron chi connectivity index (χ4n) is 7.33. The summed E-state index contributed by atoms with van der Waals surface area (Å²) in [6, 6.07) is -0.642. The summed E-state index contributed by atoms with van der Waals surface area (Å²) in [4.78, 5) is 12.4. The molecule has 0 spiro atoms. The van der Waals surface area contributed by atoms with Gasteiger partial charge in [-0.3, -0.25) is 4.79 Å². The van der Waals surface area contributed by atoms with E-state index >= 15 is 0 Å². The van der Waals surface area contributed by atoms with Crippen LogP contribution >= 0.6 is 0 Å². The van der Waals surface area contributed by atoms with Crippen molar-refractivity contribution in [3.8, 4) is 0 Å². The van der Waals surface area contributed by atoms with Crippen molar-refractivity contribution >= 4 is 5.91 Å². The Morgan fingerprint density at radius 2 is 0.764 bits per heavy atom. The van der Waals surface area contributed by atoms with Crippen molar-refractivity contribution in [2.45, 2.75) is 264 Å². The smallest absolute Gasteiger partial charge is 0.220 e. The lowest BCUT2D eigenvalue weighted by Gasteiger charge is -2.19. The van der Waals surface area contributed by atoms with E-state index < -0.39 is 12.1 Å². The van der Waals surface area contributed by atoms with E-state index in [4.69, 9.17) is 0 Å². The van der Waals surface area contributed by atoms with E-state index in [2.05, 4.69) is 55.6 Å². The number of hydrogen-bond acceptors (Lipinski definition) is 3. The zero-order valence-corrected chi connectivity index (χ0v) is 36.9. The van der Waals surface area contributed by atoms with Crippen molar-refractivity contribution in [2.24, 2.45) is 0 Å². The van der Waals surface area contributed by atoms with Crippen molar-refractivity contribution in [2.75, 3.05) is 6.61 Å². The van der Waals surface area contributed by atoms with E-state index in [1.54, 1.807) is 6.08 Å². The normalized spacial score (nSPS) is 13.3. The lowest BCUT2D eigenvalue weighted by molar-refractivity contribution is -0.123. The molecule has 0 fully saturated rings. The molecular weight excluding hydrogens is 675 g/mol. The number of aliphatic hydroxyl groups excluding tert-OH is 2. The summed E-state index contributed by atoms with van der Waals surface area (Å²) in [6.45, 7) is 4.18. The van der Waals surface area contributed by atoms with Crippen LogP contribution in [0.3, 0.4) is 0 Å². The summed E-state index contributed by atoms with van der Waals surface area (Å²) in [5.74, 6) is -0.0781. The van der Waals surface area contributed by atoms with E-state index in [0.29, 0.717) is 6.42 Å². The Labute approximate surface area is 344 Å². The lowest BCUT2D eigenvalue weighted by atomic mass is 10.0. The number of unbranched alkanes of at least 4 members (excludes halogenated alkanes) is 31. The van der Waals surface area contributed by atoms with Gasteiger partial charge >= 0.3 is 0 Å². The number of aliphatic hydroxyl groups is 2. The van der Waals surface area contributed by atoms with Crippen LogP contribution in [-0.2, 0) is 4.79 Å². The van der Waals surface area contributed by atoms with Crippen molar-refractivity contribution in [3.05, 3.63) is 48.6 Å². The highest BCUT2D eigenvalue weighted by molar-refractivity contribution is 5.76. The third-order valence-corrected chi connectivity index (χ3v) is 11.0. The summed E-state index contributed by atoms with van der Waals surface area (Å²) < 4.78 is 0. The summed E-state index contributed by atoms with van der Waals surface area (Å²) in [7, 11) is 0. The maximum absolute atomic E-state index is 12.4. The van der Waals surface area contributed by atoms with Gasteiger partial charge in [0.2, 0.25) is 5.91 Å². The van der Waals surface area contributed by atoms with Crippen LogP contribution in [0.1, 0.15) is 251 Å². The van der Waals surface area contributed by atoms with Gasteiger partial charge in [0.25, 0.3) is 0 Å². The Morgan fingerprint density at radius 3 is 1.15 bits per heavy atom. The summed E-state index contributed by atoms with van der Waals surface area (Å²) in [5.41, 5.74) is 0. The number of amides is 1. The minimum Gasteiger partial charge on any atom is -0.394 e. The molecule has 4 heteroatoms. The molecule has 2 atom stereocenters. The van der Waals surface area contributed by atoms with Gasteiger partial charge in [-0.25, -0.2) is 0 Å². The predicted octanol–water partition coefficient (Wildman–Crippen LogP) is 15.5. The minimum absolute atomic E-state index is 0.0781. The van der Waals surface area contributed by atoms with Crippen LogP contribution in [0.25, 0.3) is 0 Å². The zero-order valence-electron chi connectivity index (χ0n) is 36.9. The zero-order chi connectivity index (χ0) is 40.0. The van der Waals surface area contributed by atoms with Gasteiger partial charge in [-0.15, -0.1) is 0 Å². The van der Waals surface area contributed by atoms with Crippen LogP contribution in [0.5, 0.6) is 0 Å². The number of hydrogen-bond donors (Lipinski definition) is 3. The van der Waals surface area contributed by atoms with Gasteiger partial charge in [-0.1, -0.05) is 229 Å². The number of nitrogens with one attached hydrogen (secondary N) is 1. The van der Waals surface area contributed by atoms with Gasteiger partial charge in [0.1, 0.15) is 0 Å². The Morgan fingerprint density at radius 1 is 0.436 bits per heavy atom. The van der Waals surface area contributed by atoms with E-state index in [1.165, 1.54) is 186 Å². The minimum atomic E-state index is -0.867. The molecule has 0 aliphatic heterocycles. The molecule has 1 amide bonds. The fraction of sp³-hybridized carbons (Fsp3) is 0.824. The molecule has 0 saturated carbocycles. The molecule has 55 heavy (non-hydrogen) atoms. The molecule has 322 valence electrons. The largest absolute Gasteiger partial charge is 0.394 e. The monoisotopic (exact) mass is 770 g/mol. The molecule has 0 aliphatic rings. The average molecular weight is 770 g/mol. The van der Waals surface area contributed by atoms with Crippen LogP contribution in [-0.4, -0.2) is 34.9 Å². The van der Waals surface area contributed by atoms with Crippen molar-refractivity contribution in [1.82, 2.24) is 5.32 Å². The highest BCUT2D eigenvalue weighted by Gasteiger charge is 2.17. The first-order valence-corrected chi connectivity index (χ1v) is 24.4. The van der Waals surface area contributed by atoms with Crippen LogP contribution in [0.2, 0.25) is 0 Å². The van der Waals surface area contributed by atoms with Crippen LogP contribution in [0, 0.1) is 0 Å². The Kier molecular flexibility index (Phi) is 45.3. The average Bonchev–Trinajstić information content (AvgIpc) is 3.19. The molecule has 4 nitrogen and oxygen atoms in total. The number of allylic oxidation sites excluding steroid dienone is 7. The second-order valence-electron chi connectivity index (χ2n) is 16.5. The number of rotatable bonds is 44. The van der Waals surface area contributed by atoms with E-state index in [0.717, 1.165) is 44.9 Å². The van der Waals surface area contributed by atoms with Gasteiger partial charge < -0.3 is 15.5 Å². The Bertz CT molecular complexity index is 877. The molecule has 0 rings (SSSR count). The summed E-state index contributed by atoms with van der Waals surface area (Å²) >= 11 is 0. The Balaban J connectivity index is 3.41. The van der Waals surface area contributed by atoms with Crippen LogP contribution in [0.4, 0.5) is 0 Å². The summed E-state index contributed by atoms with van der Waals surface area (Å²) in [6.07, 6.45) is 64.1. The van der Waals surface area contributed by atoms with Crippen molar-refractivity contribution < 1.29 is 15.0 Å².